The Balaban J connectivity index is 2.22. The number of ether oxygens (including phenoxy) is 2. The first kappa shape index (κ1) is 23.9. The van der Waals surface area contributed by atoms with Crippen molar-refractivity contribution in [2.45, 2.75) is 25.4 Å². The highest BCUT2D eigenvalue weighted by atomic mass is 16.5. The van der Waals surface area contributed by atoms with E-state index in [9.17, 15) is 19.5 Å². The van der Waals surface area contributed by atoms with Crippen LogP contribution in [0.25, 0.3) is 0 Å². The first-order valence-corrected chi connectivity index (χ1v) is 9.85. The molecular formula is C23H28N2O6. The Morgan fingerprint density at radius 3 is 2.39 bits per heavy atom. The number of rotatable bonds is 11. The molecule has 0 bridgehead atoms. The summed E-state index contributed by atoms with van der Waals surface area (Å²) < 4.78 is 9.54. The van der Waals surface area contributed by atoms with E-state index in [1.54, 1.807) is 18.0 Å². The fourth-order valence-electron chi connectivity index (χ4n) is 3.20. The van der Waals surface area contributed by atoms with Gasteiger partial charge in [0.05, 0.1) is 26.2 Å². The van der Waals surface area contributed by atoms with E-state index in [1.165, 1.54) is 31.9 Å². The molecule has 0 saturated carbocycles. The molecule has 0 amide bonds. The van der Waals surface area contributed by atoms with Crippen molar-refractivity contribution in [3.8, 4) is 0 Å². The van der Waals surface area contributed by atoms with Gasteiger partial charge in [0.15, 0.2) is 0 Å². The Morgan fingerprint density at radius 2 is 1.77 bits per heavy atom. The third kappa shape index (κ3) is 6.82. The van der Waals surface area contributed by atoms with Crippen LogP contribution in [0.1, 0.15) is 27.9 Å². The molecule has 0 fully saturated rings. The van der Waals surface area contributed by atoms with Crippen LogP contribution in [0.3, 0.4) is 0 Å². The summed E-state index contributed by atoms with van der Waals surface area (Å²) in [6, 6.07) is 13.8. The van der Waals surface area contributed by atoms with E-state index in [2.05, 4.69) is 17.4 Å². The van der Waals surface area contributed by atoms with Crippen molar-refractivity contribution in [1.82, 2.24) is 5.32 Å². The van der Waals surface area contributed by atoms with Crippen molar-refractivity contribution < 1.29 is 29.0 Å². The van der Waals surface area contributed by atoms with Crippen LogP contribution in [0.15, 0.2) is 48.5 Å². The van der Waals surface area contributed by atoms with Gasteiger partial charge in [-0.05, 0) is 36.2 Å². The summed E-state index contributed by atoms with van der Waals surface area (Å²) in [5.74, 6) is -2.27. The predicted molar refractivity (Wildman–Crippen MR) is 116 cm³/mol. The summed E-state index contributed by atoms with van der Waals surface area (Å²) in [7, 11) is 4.10. The number of carbonyl (C=O) groups excluding carboxylic acids is 2. The van der Waals surface area contributed by atoms with Gasteiger partial charge < -0.3 is 24.8 Å². The van der Waals surface area contributed by atoms with E-state index in [0.717, 1.165) is 18.5 Å². The van der Waals surface area contributed by atoms with Crippen molar-refractivity contribution >= 4 is 23.6 Å². The number of carboxylic acid groups (broad SMARTS) is 1. The molecule has 2 N–H and O–H groups in total. The van der Waals surface area contributed by atoms with Gasteiger partial charge in [-0.15, -0.1) is 0 Å². The van der Waals surface area contributed by atoms with E-state index in [-0.39, 0.29) is 12.0 Å². The molecule has 0 aromatic heterocycles. The zero-order valence-corrected chi connectivity index (χ0v) is 18.0. The van der Waals surface area contributed by atoms with Gasteiger partial charge in [0.25, 0.3) is 0 Å². The zero-order chi connectivity index (χ0) is 22.8. The van der Waals surface area contributed by atoms with E-state index >= 15 is 0 Å². The van der Waals surface area contributed by atoms with Crippen LogP contribution >= 0.6 is 0 Å². The molecule has 0 heterocycles. The van der Waals surface area contributed by atoms with Crippen molar-refractivity contribution in [3.05, 3.63) is 65.2 Å². The summed E-state index contributed by atoms with van der Waals surface area (Å²) in [6.45, 7) is 1.18. The average molecular weight is 428 g/mol. The largest absolute Gasteiger partial charge is 0.478 e. The maximum atomic E-state index is 12.3. The summed E-state index contributed by atoms with van der Waals surface area (Å²) in [6.07, 6.45) is 0.615. The number of benzene rings is 2. The summed E-state index contributed by atoms with van der Waals surface area (Å²) >= 11 is 0. The number of likely N-dealkylation sites (N-methyl/N-ethyl adjacent to an activating group) is 1. The Hall–Kier alpha value is -3.39. The molecule has 8 heteroatoms. The average Bonchev–Trinajstić information content (AvgIpc) is 2.79. The minimum Gasteiger partial charge on any atom is -0.478 e. The molecule has 0 spiro atoms. The molecule has 2 rings (SSSR count). The molecule has 0 saturated heterocycles. The van der Waals surface area contributed by atoms with Gasteiger partial charge >= 0.3 is 17.9 Å². The zero-order valence-electron chi connectivity index (χ0n) is 18.0. The second-order valence-electron chi connectivity index (χ2n) is 6.99. The van der Waals surface area contributed by atoms with Crippen LogP contribution in [-0.2, 0) is 32.0 Å². The molecular weight excluding hydrogens is 400 g/mol. The first-order chi connectivity index (χ1) is 14.9. The molecule has 8 nitrogen and oxygen atoms in total. The monoisotopic (exact) mass is 428 g/mol. The number of aromatic carboxylic acids is 1. The van der Waals surface area contributed by atoms with Gasteiger partial charge in [0, 0.05) is 19.3 Å². The third-order valence-corrected chi connectivity index (χ3v) is 4.99. The van der Waals surface area contributed by atoms with Crippen molar-refractivity contribution in [3.63, 3.8) is 0 Å². The fraction of sp³-hybridized carbons (Fsp3) is 0.348. The minimum absolute atomic E-state index is 0.0802. The van der Waals surface area contributed by atoms with Crippen LogP contribution in [0.5, 0.6) is 0 Å². The van der Waals surface area contributed by atoms with E-state index in [4.69, 9.17) is 9.47 Å². The lowest BCUT2D eigenvalue weighted by atomic mass is 10.0. The lowest BCUT2D eigenvalue weighted by Crippen LogP contribution is -2.42. The lowest BCUT2D eigenvalue weighted by Gasteiger charge is -2.29. The van der Waals surface area contributed by atoms with Crippen LogP contribution < -0.4 is 10.2 Å². The highest BCUT2D eigenvalue weighted by Crippen LogP contribution is 2.25. The Bertz CT molecular complexity index is 900. The molecule has 1 unspecified atom stereocenters. The predicted octanol–water partition coefficient (Wildman–Crippen LogP) is 2.26. The number of nitrogens with one attached hydrogen (secondary N) is 1. The maximum Gasteiger partial charge on any atom is 0.335 e. The lowest BCUT2D eigenvalue weighted by molar-refractivity contribution is -0.148. The molecule has 0 aliphatic carbocycles. The maximum absolute atomic E-state index is 12.3. The van der Waals surface area contributed by atoms with Crippen LogP contribution in [0.4, 0.5) is 5.69 Å². The molecule has 31 heavy (non-hydrogen) atoms. The second kappa shape index (κ2) is 11.7. The van der Waals surface area contributed by atoms with Gasteiger partial charge in [0.2, 0.25) is 0 Å². The standard InChI is InChI=1S/C23H28N2O6/c1-25(20(23(29)31-3)14-21(26)30-2)19-13-17(22(27)28)9-10-18(19)15-24-12-11-16-7-5-4-6-8-16/h4-10,13,20,24H,11-12,14-15H2,1-3H3,(H,27,28). The quantitative estimate of drug-likeness (QED) is 0.415. The normalized spacial score (nSPS) is 11.5. The first-order valence-electron chi connectivity index (χ1n) is 9.85. The molecule has 0 radical (unpaired) electrons. The summed E-state index contributed by atoms with van der Waals surface area (Å²) in [5, 5.41) is 12.7. The Morgan fingerprint density at radius 1 is 1.06 bits per heavy atom. The number of nitrogens with zero attached hydrogens (tertiary/aromatic N) is 1. The fourth-order valence-corrected chi connectivity index (χ4v) is 3.20. The molecule has 2 aromatic rings. The Labute approximate surface area is 181 Å². The van der Waals surface area contributed by atoms with Gasteiger partial charge in [0.1, 0.15) is 6.04 Å². The second-order valence-corrected chi connectivity index (χ2v) is 6.99. The van der Waals surface area contributed by atoms with E-state index in [1.807, 2.05) is 18.2 Å². The van der Waals surface area contributed by atoms with Crippen LogP contribution in [-0.4, -0.2) is 56.9 Å². The summed E-state index contributed by atoms with van der Waals surface area (Å²) in [4.78, 5) is 37.2. The number of carboxylic acids is 1. The smallest absolute Gasteiger partial charge is 0.335 e. The number of esters is 2. The molecule has 0 aliphatic heterocycles. The highest BCUT2D eigenvalue weighted by Gasteiger charge is 2.29. The number of methoxy groups -OCH3 is 2. The molecule has 166 valence electrons. The third-order valence-electron chi connectivity index (χ3n) is 4.99. The van der Waals surface area contributed by atoms with Crippen molar-refractivity contribution in [2.24, 2.45) is 0 Å². The van der Waals surface area contributed by atoms with E-state index < -0.39 is 23.9 Å². The van der Waals surface area contributed by atoms with Crippen LogP contribution in [0, 0.1) is 0 Å². The van der Waals surface area contributed by atoms with Crippen molar-refractivity contribution in [2.75, 3.05) is 32.7 Å². The number of hydrogen-bond acceptors (Lipinski definition) is 7. The van der Waals surface area contributed by atoms with Gasteiger partial charge in [-0.3, -0.25) is 4.79 Å². The number of hydrogen-bond donors (Lipinski definition) is 2. The SMILES string of the molecule is COC(=O)CC(C(=O)OC)N(C)c1cc(C(=O)O)ccc1CNCCc1ccccc1. The number of anilines is 1. The van der Waals surface area contributed by atoms with Crippen molar-refractivity contribution in [1.29, 1.82) is 0 Å². The molecule has 0 aliphatic rings. The highest BCUT2D eigenvalue weighted by molar-refractivity contribution is 5.90. The Kier molecular flexibility index (Phi) is 9.02. The van der Waals surface area contributed by atoms with Gasteiger partial charge in [-0.25, -0.2) is 9.59 Å². The molecule has 2 aromatic carbocycles. The van der Waals surface area contributed by atoms with Gasteiger partial charge in [-0.1, -0.05) is 36.4 Å². The van der Waals surface area contributed by atoms with Crippen LogP contribution in [0.2, 0.25) is 0 Å². The van der Waals surface area contributed by atoms with Gasteiger partial charge in [-0.2, -0.15) is 0 Å². The van der Waals surface area contributed by atoms with E-state index in [0.29, 0.717) is 12.2 Å². The number of carbonyl (C=O) groups is 3. The minimum atomic E-state index is -1.08. The topological polar surface area (TPSA) is 105 Å². The molecule has 1 atom stereocenters. The summed E-state index contributed by atoms with van der Waals surface area (Å²) in [5.41, 5.74) is 2.60.